The van der Waals surface area contributed by atoms with Gasteiger partial charge in [-0.25, -0.2) is 0 Å². The lowest BCUT2D eigenvalue weighted by molar-refractivity contribution is -0.143. The number of hydrogen-bond acceptors (Lipinski definition) is 3. The average Bonchev–Trinajstić information content (AvgIpc) is 2.53. The quantitative estimate of drug-likeness (QED) is 0.595. The Kier molecular flexibility index (Phi) is 5.96. The smallest absolute Gasteiger partial charge is 0.306 e. The summed E-state index contributed by atoms with van der Waals surface area (Å²) in [7, 11) is 1.46. The number of esters is 1. The molecule has 0 radical (unpaired) electrons. The first kappa shape index (κ1) is 14.5. The van der Waals surface area contributed by atoms with Crippen LogP contribution in [-0.2, 0) is 9.53 Å². The Hall–Kier alpha value is -0.570. The minimum Gasteiger partial charge on any atom is -0.469 e. The van der Waals surface area contributed by atoms with E-state index in [4.69, 9.17) is 10.5 Å². The van der Waals surface area contributed by atoms with Gasteiger partial charge in [-0.15, -0.1) is 0 Å². The van der Waals surface area contributed by atoms with Crippen molar-refractivity contribution < 1.29 is 9.53 Å². The molecule has 100 valence electrons. The normalized spacial score (nSPS) is 29.7. The minimum atomic E-state index is -0.107. The topological polar surface area (TPSA) is 52.3 Å². The molecular formula is C14H27NO2. The van der Waals surface area contributed by atoms with Crippen LogP contribution in [0.3, 0.4) is 0 Å². The van der Waals surface area contributed by atoms with E-state index in [0.29, 0.717) is 13.0 Å². The van der Waals surface area contributed by atoms with Gasteiger partial charge in [-0.1, -0.05) is 32.6 Å². The Morgan fingerprint density at radius 2 is 2.18 bits per heavy atom. The average molecular weight is 241 g/mol. The fourth-order valence-electron chi connectivity index (χ4n) is 3.07. The van der Waals surface area contributed by atoms with Crippen LogP contribution in [0.1, 0.15) is 58.3 Å². The van der Waals surface area contributed by atoms with Gasteiger partial charge in [-0.2, -0.15) is 0 Å². The van der Waals surface area contributed by atoms with E-state index in [2.05, 4.69) is 6.92 Å². The molecule has 2 unspecified atom stereocenters. The van der Waals surface area contributed by atoms with E-state index in [9.17, 15) is 4.79 Å². The number of carbonyl (C=O) groups is 1. The zero-order valence-electron chi connectivity index (χ0n) is 11.3. The van der Waals surface area contributed by atoms with Gasteiger partial charge in [0.25, 0.3) is 0 Å². The highest BCUT2D eigenvalue weighted by Gasteiger charge is 2.34. The molecule has 1 aliphatic rings. The molecule has 0 aromatic rings. The maximum atomic E-state index is 11.5. The lowest BCUT2D eigenvalue weighted by Gasteiger charge is -2.30. The van der Waals surface area contributed by atoms with Crippen molar-refractivity contribution in [1.82, 2.24) is 0 Å². The van der Waals surface area contributed by atoms with Crippen molar-refractivity contribution in [2.45, 2.75) is 58.3 Å². The SMILES string of the molecule is CCCC1CCCC(CN)(CC(=O)OC)CC1. The molecule has 0 aromatic carbocycles. The maximum Gasteiger partial charge on any atom is 0.306 e. The van der Waals surface area contributed by atoms with Crippen molar-refractivity contribution in [3.05, 3.63) is 0 Å². The Bertz CT molecular complexity index is 242. The highest BCUT2D eigenvalue weighted by molar-refractivity contribution is 5.70. The number of methoxy groups -OCH3 is 1. The van der Waals surface area contributed by atoms with E-state index in [1.54, 1.807) is 0 Å². The molecule has 0 bridgehead atoms. The van der Waals surface area contributed by atoms with Crippen LogP contribution < -0.4 is 5.73 Å². The second-order valence-electron chi connectivity index (χ2n) is 5.54. The summed E-state index contributed by atoms with van der Waals surface area (Å²) in [5, 5.41) is 0. The zero-order valence-corrected chi connectivity index (χ0v) is 11.3. The molecule has 0 spiro atoms. The molecule has 1 fully saturated rings. The van der Waals surface area contributed by atoms with Gasteiger partial charge >= 0.3 is 5.97 Å². The summed E-state index contributed by atoms with van der Waals surface area (Å²) < 4.78 is 4.80. The molecule has 0 saturated heterocycles. The molecule has 1 rings (SSSR count). The predicted molar refractivity (Wildman–Crippen MR) is 69.6 cm³/mol. The van der Waals surface area contributed by atoms with E-state index < -0.39 is 0 Å². The van der Waals surface area contributed by atoms with E-state index in [1.165, 1.54) is 39.2 Å². The lowest BCUT2D eigenvalue weighted by atomic mass is 9.77. The summed E-state index contributed by atoms with van der Waals surface area (Å²) in [4.78, 5) is 11.5. The first-order valence-electron chi connectivity index (χ1n) is 6.92. The number of rotatable bonds is 5. The molecule has 17 heavy (non-hydrogen) atoms. The highest BCUT2D eigenvalue weighted by atomic mass is 16.5. The summed E-state index contributed by atoms with van der Waals surface area (Å²) in [6, 6.07) is 0. The van der Waals surface area contributed by atoms with Crippen molar-refractivity contribution in [3.8, 4) is 0 Å². The summed E-state index contributed by atoms with van der Waals surface area (Å²) in [5.41, 5.74) is 5.93. The second-order valence-corrected chi connectivity index (χ2v) is 5.54. The Morgan fingerprint density at radius 1 is 1.41 bits per heavy atom. The first-order valence-corrected chi connectivity index (χ1v) is 6.92. The number of ether oxygens (including phenoxy) is 1. The van der Waals surface area contributed by atoms with Crippen LogP contribution in [0.15, 0.2) is 0 Å². The Labute approximate surface area is 105 Å². The van der Waals surface area contributed by atoms with Gasteiger partial charge in [0.15, 0.2) is 0 Å². The molecule has 0 aliphatic heterocycles. The molecule has 3 nitrogen and oxygen atoms in total. The first-order chi connectivity index (χ1) is 8.15. The van der Waals surface area contributed by atoms with Crippen LogP contribution in [0.25, 0.3) is 0 Å². The Morgan fingerprint density at radius 3 is 2.76 bits per heavy atom. The van der Waals surface area contributed by atoms with Crippen LogP contribution in [-0.4, -0.2) is 19.6 Å². The standard InChI is InChI=1S/C14H27NO2/c1-3-5-12-6-4-8-14(11-15,9-7-12)10-13(16)17-2/h12H,3-11,15H2,1-2H3. The lowest BCUT2D eigenvalue weighted by Crippen LogP contribution is -2.33. The van der Waals surface area contributed by atoms with E-state index in [-0.39, 0.29) is 11.4 Å². The van der Waals surface area contributed by atoms with Crippen molar-refractivity contribution in [2.75, 3.05) is 13.7 Å². The van der Waals surface area contributed by atoms with Crippen molar-refractivity contribution in [2.24, 2.45) is 17.1 Å². The number of hydrogen-bond donors (Lipinski definition) is 1. The van der Waals surface area contributed by atoms with Crippen molar-refractivity contribution >= 4 is 5.97 Å². The fraction of sp³-hybridized carbons (Fsp3) is 0.929. The minimum absolute atomic E-state index is 0.00951. The molecule has 2 N–H and O–H groups in total. The summed E-state index contributed by atoms with van der Waals surface area (Å²) >= 11 is 0. The van der Waals surface area contributed by atoms with Gasteiger partial charge in [0.2, 0.25) is 0 Å². The van der Waals surface area contributed by atoms with E-state index in [0.717, 1.165) is 18.8 Å². The van der Waals surface area contributed by atoms with Gasteiger partial charge in [0.05, 0.1) is 13.5 Å². The third-order valence-corrected chi connectivity index (χ3v) is 4.28. The van der Waals surface area contributed by atoms with Crippen molar-refractivity contribution in [3.63, 3.8) is 0 Å². The third-order valence-electron chi connectivity index (χ3n) is 4.28. The summed E-state index contributed by atoms with van der Waals surface area (Å²) in [6.07, 6.45) is 8.98. The van der Waals surface area contributed by atoms with Crippen molar-refractivity contribution in [1.29, 1.82) is 0 Å². The predicted octanol–water partition coefficient (Wildman–Crippen LogP) is 2.88. The fourth-order valence-corrected chi connectivity index (χ4v) is 3.07. The molecule has 3 heteroatoms. The van der Waals surface area contributed by atoms with Crippen LogP contribution >= 0.6 is 0 Å². The van der Waals surface area contributed by atoms with Crippen LogP contribution in [0.2, 0.25) is 0 Å². The molecule has 0 amide bonds. The van der Waals surface area contributed by atoms with E-state index >= 15 is 0 Å². The third kappa shape index (κ3) is 4.30. The van der Waals surface area contributed by atoms with Gasteiger partial charge in [0.1, 0.15) is 0 Å². The molecule has 1 aliphatic carbocycles. The number of carbonyl (C=O) groups excluding carboxylic acids is 1. The maximum absolute atomic E-state index is 11.5. The molecule has 1 saturated carbocycles. The van der Waals surface area contributed by atoms with Gasteiger partial charge in [-0.3, -0.25) is 4.79 Å². The van der Waals surface area contributed by atoms with Crippen LogP contribution in [0.4, 0.5) is 0 Å². The molecule has 0 aromatic heterocycles. The zero-order chi connectivity index (χ0) is 12.7. The highest BCUT2D eigenvalue weighted by Crippen LogP contribution is 2.40. The molecular weight excluding hydrogens is 214 g/mol. The summed E-state index contributed by atoms with van der Waals surface area (Å²) in [5.74, 6) is 0.732. The van der Waals surface area contributed by atoms with E-state index in [1.807, 2.05) is 0 Å². The molecule has 2 atom stereocenters. The largest absolute Gasteiger partial charge is 0.469 e. The van der Waals surface area contributed by atoms with Gasteiger partial charge < -0.3 is 10.5 Å². The monoisotopic (exact) mass is 241 g/mol. The van der Waals surface area contributed by atoms with Gasteiger partial charge in [-0.05, 0) is 37.1 Å². The summed E-state index contributed by atoms with van der Waals surface area (Å²) in [6.45, 7) is 2.86. The molecule has 0 heterocycles. The van der Waals surface area contributed by atoms with Crippen LogP contribution in [0.5, 0.6) is 0 Å². The van der Waals surface area contributed by atoms with Gasteiger partial charge in [0, 0.05) is 0 Å². The Balaban J connectivity index is 2.57. The second kappa shape index (κ2) is 7.00. The van der Waals surface area contributed by atoms with Crippen LogP contribution in [0, 0.1) is 11.3 Å². The number of nitrogens with two attached hydrogens (primary N) is 1.